The Morgan fingerprint density at radius 3 is 2.38 bits per heavy atom. The Morgan fingerprint density at radius 2 is 2.00 bits per heavy atom. The quantitative estimate of drug-likeness (QED) is 0.563. The highest BCUT2D eigenvalue weighted by molar-refractivity contribution is 6.30. The first kappa shape index (κ1) is 10.7. The maximum Gasteiger partial charge on any atom is 0.147 e. The summed E-state index contributed by atoms with van der Waals surface area (Å²) < 4.78 is 0. The van der Waals surface area contributed by atoms with Gasteiger partial charge in [-0.05, 0) is 20.3 Å². The van der Waals surface area contributed by atoms with Gasteiger partial charge in [-0.25, -0.2) is 9.97 Å². The molecule has 0 N–H and O–H groups in total. The number of rotatable bonds is 2. The van der Waals surface area contributed by atoms with E-state index in [2.05, 4.69) is 9.97 Å². The van der Waals surface area contributed by atoms with Gasteiger partial charge in [0, 0.05) is 11.3 Å². The third-order valence-electron chi connectivity index (χ3n) is 1.89. The number of aromatic nitrogens is 2. The maximum absolute atomic E-state index is 5.97. The van der Waals surface area contributed by atoms with Crippen molar-refractivity contribution in [2.75, 3.05) is 0 Å². The number of nitrogens with zero attached hydrogens (tertiary/aromatic N) is 2. The highest BCUT2D eigenvalue weighted by Gasteiger charge is 2.11. The molecule has 0 aliphatic heterocycles. The summed E-state index contributed by atoms with van der Waals surface area (Å²) in [6.07, 6.45) is 0.849. The molecule has 0 amide bonds. The zero-order valence-electron chi connectivity index (χ0n) is 7.93. The van der Waals surface area contributed by atoms with Crippen LogP contribution in [-0.4, -0.2) is 9.97 Å². The second-order valence-electron chi connectivity index (χ2n) is 2.91. The Hall–Kier alpha value is -0.340. The van der Waals surface area contributed by atoms with Crippen LogP contribution < -0.4 is 0 Å². The van der Waals surface area contributed by atoms with E-state index in [-0.39, 0.29) is 5.38 Å². The van der Waals surface area contributed by atoms with E-state index >= 15 is 0 Å². The molecule has 1 rings (SSSR count). The maximum atomic E-state index is 5.97. The van der Waals surface area contributed by atoms with Crippen LogP contribution in [0.15, 0.2) is 0 Å². The van der Waals surface area contributed by atoms with Crippen LogP contribution in [0.5, 0.6) is 0 Å². The second-order valence-corrected chi connectivity index (χ2v) is 3.92. The minimum absolute atomic E-state index is 0.192. The summed E-state index contributed by atoms with van der Waals surface area (Å²) in [4.78, 5) is 8.40. The van der Waals surface area contributed by atoms with Crippen molar-refractivity contribution >= 4 is 23.2 Å². The molecular weight excluding hydrogens is 207 g/mol. The lowest BCUT2D eigenvalue weighted by molar-refractivity contribution is 0.867. The Kier molecular flexibility index (Phi) is 3.51. The predicted molar refractivity (Wildman–Crippen MR) is 55.4 cm³/mol. The standard InChI is InChI=1S/C9H12Cl2N2/c1-4-7-6(3)12-9(5(2)10)13-8(7)11/h5H,4H2,1-3H3. The number of aryl methyl sites for hydroxylation is 1. The minimum atomic E-state index is -0.192. The smallest absolute Gasteiger partial charge is 0.147 e. The van der Waals surface area contributed by atoms with Crippen molar-refractivity contribution in [1.82, 2.24) is 9.97 Å². The van der Waals surface area contributed by atoms with E-state index in [1.165, 1.54) is 0 Å². The van der Waals surface area contributed by atoms with Gasteiger partial charge in [-0.1, -0.05) is 18.5 Å². The highest BCUT2D eigenvalue weighted by atomic mass is 35.5. The van der Waals surface area contributed by atoms with Gasteiger partial charge in [0.05, 0.1) is 5.38 Å². The summed E-state index contributed by atoms with van der Waals surface area (Å²) in [5.74, 6) is 0.598. The molecule has 1 atom stereocenters. The van der Waals surface area contributed by atoms with E-state index in [1.54, 1.807) is 0 Å². The van der Waals surface area contributed by atoms with E-state index in [0.29, 0.717) is 11.0 Å². The number of hydrogen-bond acceptors (Lipinski definition) is 2. The van der Waals surface area contributed by atoms with Crippen LogP contribution >= 0.6 is 23.2 Å². The van der Waals surface area contributed by atoms with Crippen LogP contribution in [0.25, 0.3) is 0 Å². The number of hydrogen-bond donors (Lipinski definition) is 0. The van der Waals surface area contributed by atoms with Gasteiger partial charge < -0.3 is 0 Å². The van der Waals surface area contributed by atoms with Gasteiger partial charge in [-0.15, -0.1) is 11.6 Å². The minimum Gasteiger partial charge on any atom is -0.236 e. The summed E-state index contributed by atoms with van der Waals surface area (Å²) in [5, 5.41) is 0.333. The van der Waals surface area contributed by atoms with Crippen LogP contribution in [0.2, 0.25) is 5.15 Å². The van der Waals surface area contributed by atoms with E-state index in [0.717, 1.165) is 17.7 Å². The number of halogens is 2. The van der Waals surface area contributed by atoms with E-state index in [4.69, 9.17) is 23.2 Å². The van der Waals surface area contributed by atoms with Gasteiger partial charge >= 0.3 is 0 Å². The molecule has 0 saturated carbocycles. The first-order chi connectivity index (χ1) is 6.06. The Labute approximate surface area is 88.3 Å². The fraction of sp³-hybridized carbons (Fsp3) is 0.556. The summed E-state index contributed by atoms with van der Waals surface area (Å²) in [6.45, 7) is 5.79. The molecule has 13 heavy (non-hydrogen) atoms. The van der Waals surface area contributed by atoms with E-state index in [9.17, 15) is 0 Å². The SMILES string of the molecule is CCc1c(C)nc(C(C)Cl)nc1Cl. The normalized spacial score (nSPS) is 13.0. The van der Waals surface area contributed by atoms with Gasteiger partial charge in [0.25, 0.3) is 0 Å². The molecule has 0 aliphatic rings. The highest BCUT2D eigenvalue weighted by Crippen LogP contribution is 2.22. The molecule has 1 aromatic rings. The zero-order valence-corrected chi connectivity index (χ0v) is 9.45. The monoisotopic (exact) mass is 218 g/mol. The lowest BCUT2D eigenvalue weighted by atomic mass is 10.2. The van der Waals surface area contributed by atoms with Gasteiger partial charge in [0.15, 0.2) is 0 Å². The number of alkyl halides is 1. The van der Waals surface area contributed by atoms with Crippen LogP contribution in [0.1, 0.15) is 36.3 Å². The largest absolute Gasteiger partial charge is 0.236 e. The summed E-state index contributed by atoms with van der Waals surface area (Å²) >= 11 is 11.8. The van der Waals surface area contributed by atoms with Crippen LogP contribution in [0, 0.1) is 6.92 Å². The molecule has 0 radical (unpaired) electrons. The third kappa shape index (κ3) is 2.32. The van der Waals surface area contributed by atoms with Gasteiger partial charge in [-0.2, -0.15) is 0 Å². The van der Waals surface area contributed by atoms with Crippen molar-refractivity contribution in [3.8, 4) is 0 Å². The lowest BCUT2D eigenvalue weighted by Gasteiger charge is -2.08. The first-order valence-corrected chi connectivity index (χ1v) is 5.04. The fourth-order valence-corrected chi connectivity index (χ4v) is 1.62. The van der Waals surface area contributed by atoms with E-state index in [1.807, 2.05) is 20.8 Å². The second kappa shape index (κ2) is 4.25. The topological polar surface area (TPSA) is 25.8 Å². The average Bonchev–Trinajstić information content (AvgIpc) is 2.03. The molecule has 0 spiro atoms. The summed E-state index contributed by atoms with van der Waals surface area (Å²) in [6, 6.07) is 0. The molecule has 72 valence electrons. The average molecular weight is 219 g/mol. The lowest BCUT2D eigenvalue weighted by Crippen LogP contribution is -2.02. The van der Waals surface area contributed by atoms with Crippen LogP contribution in [-0.2, 0) is 6.42 Å². The molecule has 0 aliphatic carbocycles. The van der Waals surface area contributed by atoms with Crippen molar-refractivity contribution in [2.24, 2.45) is 0 Å². The first-order valence-electron chi connectivity index (χ1n) is 4.23. The third-order valence-corrected chi connectivity index (χ3v) is 2.40. The van der Waals surface area contributed by atoms with Crippen LogP contribution in [0.3, 0.4) is 0 Å². The van der Waals surface area contributed by atoms with Gasteiger partial charge in [-0.3, -0.25) is 0 Å². The van der Waals surface area contributed by atoms with Crippen molar-refractivity contribution in [1.29, 1.82) is 0 Å². The summed E-state index contributed by atoms with van der Waals surface area (Å²) in [7, 11) is 0. The molecular formula is C9H12Cl2N2. The van der Waals surface area contributed by atoms with Crippen LogP contribution in [0.4, 0.5) is 0 Å². The molecule has 4 heteroatoms. The van der Waals surface area contributed by atoms with Gasteiger partial charge in [0.2, 0.25) is 0 Å². The molecule has 0 fully saturated rings. The molecule has 1 heterocycles. The molecule has 1 aromatic heterocycles. The molecule has 0 aromatic carbocycles. The molecule has 1 unspecified atom stereocenters. The Morgan fingerprint density at radius 1 is 1.38 bits per heavy atom. The molecule has 0 saturated heterocycles. The molecule has 2 nitrogen and oxygen atoms in total. The van der Waals surface area contributed by atoms with E-state index < -0.39 is 0 Å². The van der Waals surface area contributed by atoms with Crippen molar-refractivity contribution in [3.05, 3.63) is 22.2 Å². The Balaban J connectivity index is 3.20. The predicted octanol–water partition coefficient (Wildman–Crippen LogP) is 3.30. The fourth-order valence-electron chi connectivity index (χ4n) is 1.16. The van der Waals surface area contributed by atoms with Crippen molar-refractivity contribution < 1.29 is 0 Å². The van der Waals surface area contributed by atoms with Crippen molar-refractivity contribution in [3.63, 3.8) is 0 Å². The van der Waals surface area contributed by atoms with Gasteiger partial charge in [0.1, 0.15) is 11.0 Å². The summed E-state index contributed by atoms with van der Waals surface area (Å²) in [5.41, 5.74) is 1.92. The van der Waals surface area contributed by atoms with Crippen molar-refractivity contribution in [2.45, 2.75) is 32.6 Å². The Bertz CT molecular complexity index is 287. The zero-order chi connectivity index (χ0) is 10.0. The molecule has 0 bridgehead atoms.